The van der Waals surface area contributed by atoms with Crippen molar-refractivity contribution in [3.05, 3.63) is 28.8 Å². The van der Waals surface area contributed by atoms with Crippen LogP contribution in [0.1, 0.15) is 18.4 Å². The number of sulfonamides is 1. The van der Waals surface area contributed by atoms with Gasteiger partial charge in [0, 0.05) is 12.6 Å². The molecular weight excluding hydrogens is 288 g/mol. The van der Waals surface area contributed by atoms with Crippen molar-refractivity contribution in [3.63, 3.8) is 0 Å². The van der Waals surface area contributed by atoms with E-state index in [0.717, 1.165) is 12.8 Å². The molecule has 5 nitrogen and oxygen atoms in total. The molecule has 7 heteroatoms. The van der Waals surface area contributed by atoms with E-state index in [-0.39, 0.29) is 21.5 Å². The zero-order valence-electron chi connectivity index (χ0n) is 10.1. The lowest BCUT2D eigenvalue weighted by Gasteiger charge is -2.23. The van der Waals surface area contributed by atoms with E-state index >= 15 is 0 Å². The largest absolute Gasteiger partial charge is 0.380 e. The van der Waals surface area contributed by atoms with Crippen LogP contribution in [0, 0.1) is 11.3 Å². The van der Waals surface area contributed by atoms with Gasteiger partial charge in [-0.25, -0.2) is 13.1 Å². The molecule has 0 aliphatic carbocycles. The molecule has 1 fully saturated rings. The van der Waals surface area contributed by atoms with E-state index in [1.54, 1.807) is 0 Å². The van der Waals surface area contributed by atoms with Crippen molar-refractivity contribution in [2.75, 3.05) is 13.2 Å². The third-order valence-corrected chi connectivity index (χ3v) is 4.68. The quantitative estimate of drug-likeness (QED) is 0.921. The summed E-state index contributed by atoms with van der Waals surface area (Å²) in [4.78, 5) is 0.0575. The number of halogens is 1. The lowest BCUT2D eigenvalue weighted by atomic mass is 10.1. The summed E-state index contributed by atoms with van der Waals surface area (Å²) >= 11 is 5.84. The maximum Gasteiger partial charge on any atom is 0.240 e. The highest BCUT2D eigenvalue weighted by Crippen LogP contribution is 2.21. The molecule has 0 aromatic heterocycles. The molecule has 0 bridgehead atoms. The van der Waals surface area contributed by atoms with E-state index in [2.05, 4.69) is 4.72 Å². The Morgan fingerprint density at radius 1 is 1.47 bits per heavy atom. The van der Waals surface area contributed by atoms with Gasteiger partial charge in [0.05, 0.1) is 22.1 Å². The summed E-state index contributed by atoms with van der Waals surface area (Å²) < 4.78 is 32.1. The molecule has 2 rings (SSSR count). The Hall–Kier alpha value is -1.13. The first-order valence-corrected chi connectivity index (χ1v) is 7.69. The molecule has 1 saturated heterocycles. The fourth-order valence-corrected chi connectivity index (χ4v) is 3.44. The number of nitriles is 1. The lowest BCUT2D eigenvalue weighted by molar-refractivity contribution is 0.0774. The van der Waals surface area contributed by atoms with Gasteiger partial charge < -0.3 is 4.74 Å². The van der Waals surface area contributed by atoms with Crippen LogP contribution in [0.15, 0.2) is 23.1 Å². The van der Waals surface area contributed by atoms with Gasteiger partial charge in [-0.3, -0.25) is 0 Å². The molecule has 0 spiro atoms. The molecule has 102 valence electrons. The summed E-state index contributed by atoms with van der Waals surface area (Å²) in [6.07, 6.45) is 1.59. The van der Waals surface area contributed by atoms with Gasteiger partial charge in [0.25, 0.3) is 0 Å². The summed E-state index contributed by atoms with van der Waals surface area (Å²) in [5.41, 5.74) is 0.251. The standard InChI is InChI=1S/C12H13ClN2O3S/c13-12-6-11(4-3-9(12)7-14)19(16,17)15-10-2-1-5-18-8-10/h3-4,6,10,15H,1-2,5,8H2. The summed E-state index contributed by atoms with van der Waals surface area (Å²) in [6, 6.07) is 5.73. The number of nitrogens with zero attached hydrogens (tertiary/aromatic N) is 1. The molecule has 1 aromatic carbocycles. The van der Waals surface area contributed by atoms with E-state index in [9.17, 15) is 8.42 Å². The molecule has 0 saturated carbocycles. The first kappa shape index (κ1) is 14.3. The maximum atomic E-state index is 12.1. The summed E-state index contributed by atoms with van der Waals surface area (Å²) in [5, 5.41) is 8.89. The van der Waals surface area contributed by atoms with Crippen LogP contribution in [0.2, 0.25) is 5.02 Å². The predicted octanol–water partition coefficient (Wildman–Crippen LogP) is 1.67. The molecule has 1 unspecified atom stereocenters. The number of rotatable bonds is 3. The minimum absolute atomic E-state index is 0.0575. The average Bonchev–Trinajstić information content (AvgIpc) is 2.39. The lowest BCUT2D eigenvalue weighted by Crippen LogP contribution is -2.40. The number of ether oxygens (including phenoxy) is 1. The van der Waals surface area contributed by atoms with Crippen LogP contribution < -0.4 is 4.72 Å². The minimum Gasteiger partial charge on any atom is -0.380 e. The van der Waals surface area contributed by atoms with Crippen LogP contribution in [0.5, 0.6) is 0 Å². The Morgan fingerprint density at radius 3 is 2.84 bits per heavy atom. The molecular formula is C12H13ClN2O3S. The highest BCUT2D eigenvalue weighted by Gasteiger charge is 2.22. The van der Waals surface area contributed by atoms with Crippen molar-refractivity contribution in [2.45, 2.75) is 23.8 Å². The molecule has 1 atom stereocenters. The highest BCUT2D eigenvalue weighted by atomic mass is 35.5. The smallest absolute Gasteiger partial charge is 0.240 e. The zero-order valence-corrected chi connectivity index (χ0v) is 11.7. The number of benzene rings is 1. The Kier molecular flexibility index (Phi) is 4.42. The van der Waals surface area contributed by atoms with E-state index < -0.39 is 10.0 Å². The van der Waals surface area contributed by atoms with Crippen molar-refractivity contribution in [3.8, 4) is 6.07 Å². The molecule has 1 aromatic rings. The topological polar surface area (TPSA) is 79.2 Å². The molecule has 1 heterocycles. The zero-order chi connectivity index (χ0) is 13.9. The third kappa shape index (κ3) is 3.45. The fourth-order valence-electron chi connectivity index (χ4n) is 1.87. The van der Waals surface area contributed by atoms with Gasteiger partial charge in [-0.1, -0.05) is 11.6 Å². The fraction of sp³-hybridized carbons (Fsp3) is 0.417. The molecule has 0 amide bonds. The minimum atomic E-state index is -3.63. The van der Waals surface area contributed by atoms with E-state index in [0.29, 0.717) is 13.2 Å². The van der Waals surface area contributed by atoms with Gasteiger partial charge in [0.2, 0.25) is 10.0 Å². The summed E-state index contributed by atoms with van der Waals surface area (Å²) in [7, 11) is -3.63. The second-order valence-corrected chi connectivity index (χ2v) is 6.41. The number of hydrogen-bond donors (Lipinski definition) is 1. The van der Waals surface area contributed by atoms with Crippen LogP contribution in [0.25, 0.3) is 0 Å². The maximum absolute atomic E-state index is 12.1. The van der Waals surface area contributed by atoms with Crippen molar-refractivity contribution >= 4 is 21.6 Å². The van der Waals surface area contributed by atoms with Crippen LogP contribution in [0.4, 0.5) is 0 Å². The van der Waals surface area contributed by atoms with E-state index in [1.165, 1.54) is 18.2 Å². The molecule has 19 heavy (non-hydrogen) atoms. The van der Waals surface area contributed by atoms with Crippen LogP contribution >= 0.6 is 11.6 Å². The molecule has 1 N–H and O–H groups in total. The third-order valence-electron chi connectivity index (χ3n) is 2.85. The first-order valence-electron chi connectivity index (χ1n) is 5.82. The van der Waals surface area contributed by atoms with Crippen molar-refractivity contribution < 1.29 is 13.2 Å². The van der Waals surface area contributed by atoms with Crippen LogP contribution in [-0.4, -0.2) is 27.7 Å². The Morgan fingerprint density at radius 2 is 2.26 bits per heavy atom. The molecule has 1 aliphatic rings. The van der Waals surface area contributed by atoms with Gasteiger partial charge in [-0.15, -0.1) is 0 Å². The second kappa shape index (κ2) is 5.88. The number of nitrogens with one attached hydrogen (secondary N) is 1. The van der Waals surface area contributed by atoms with Gasteiger partial charge in [-0.05, 0) is 31.0 Å². The predicted molar refractivity (Wildman–Crippen MR) is 70.3 cm³/mol. The van der Waals surface area contributed by atoms with Gasteiger partial charge in [0.15, 0.2) is 0 Å². The molecule has 0 radical (unpaired) electrons. The van der Waals surface area contributed by atoms with Crippen molar-refractivity contribution in [2.24, 2.45) is 0 Å². The van der Waals surface area contributed by atoms with Gasteiger partial charge in [0.1, 0.15) is 6.07 Å². The summed E-state index contributed by atoms with van der Waals surface area (Å²) in [5.74, 6) is 0. The average molecular weight is 301 g/mol. The Labute approximate surface area is 117 Å². The van der Waals surface area contributed by atoms with E-state index in [4.69, 9.17) is 21.6 Å². The first-order chi connectivity index (χ1) is 9.03. The monoisotopic (exact) mass is 300 g/mol. The molecule has 1 aliphatic heterocycles. The SMILES string of the molecule is N#Cc1ccc(S(=O)(=O)NC2CCCOC2)cc1Cl. The normalized spacial score (nSPS) is 19.9. The Balaban J connectivity index is 2.19. The van der Waals surface area contributed by atoms with Gasteiger partial charge >= 0.3 is 0 Å². The number of hydrogen-bond acceptors (Lipinski definition) is 4. The van der Waals surface area contributed by atoms with Crippen molar-refractivity contribution in [1.82, 2.24) is 4.72 Å². The van der Waals surface area contributed by atoms with Crippen LogP contribution in [-0.2, 0) is 14.8 Å². The van der Waals surface area contributed by atoms with Crippen molar-refractivity contribution in [1.29, 1.82) is 5.26 Å². The summed E-state index contributed by atoms with van der Waals surface area (Å²) in [6.45, 7) is 1.05. The second-order valence-electron chi connectivity index (χ2n) is 4.29. The van der Waals surface area contributed by atoms with Crippen LogP contribution in [0.3, 0.4) is 0 Å². The van der Waals surface area contributed by atoms with E-state index in [1.807, 2.05) is 6.07 Å². The van der Waals surface area contributed by atoms with Gasteiger partial charge in [-0.2, -0.15) is 5.26 Å². The highest BCUT2D eigenvalue weighted by molar-refractivity contribution is 7.89. The Bertz CT molecular complexity index is 604.